The summed E-state index contributed by atoms with van der Waals surface area (Å²) in [6.07, 6.45) is 1.51. The second-order valence-corrected chi connectivity index (χ2v) is 3.58. The molecule has 1 aliphatic heterocycles. The summed E-state index contributed by atoms with van der Waals surface area (Å²) in [6, 6.07) is 3.75. The van der Waals surface area contributed by atoms with Gasteiger partial charge in [-0.3, -0.25) is 0 Å². The topological polar surface area (TPSA) is 28.2 Å². The van der Waals surface area contributed by atoms with Gasteiger partial charge in [-0.15, -0.1) is 0 Å². The Morgan fingerprint density at radius 3 is 3.21 bits per heavy atom. The first-order valence-corrected chi connectivity index (χ1v) is 4.86. The largest absolute Gasteiger partial charge is 0.366 e. The molecule has 14 heavy (non-hydrogen) atoms. The number of halogens is 1. The predicted molar refractivity (Wildman–Crippen MR) is 53.9 cm³/mol. The molecule has 1 atom stereocenters. The highest BCUT2D eigenvalue weighted by Gasteiger charge is 2.18. The summed E-state index contributed by atoms with van der Waals surface area (Å²) in [5, 5.41) is 3.30. The highest BCUT2D eigenvalue weighted by molar-refractivity contribution is 5.46. The fourth-order valence-corrected chi connectivity index (χ4v) is 1.80. The summed E-state index contributed by atoms with van der Waals surface area (Å²) in [4.78, 5) is 5.75. The molecule has 0 amide bonds. The van der Waals surface area contributed by atoms with Crippen LogP contribution in [0.3, 0.4) is 0 Å². The molecule has 3 nitrogen and oxygen atoms in total. The lowest BCUT2D eigenvalue weighted by atomic mass is 10.2. The van der Waals surface area contributed by atoms with E-state index in [0.717, 1.165) is 25.3 Å². The molecule has 2 rings (SSSR count). The maximum atomic E-state index is 12.9. The molecule has 0 aliphatic carbocycles. The third kappa shape index (κ3) is 1.85. The van der Waals surface area contributed by atoms with E-state index in [2.05, 4.69) is 22.1 Å². The zero-order valence-corrected chi connectivity index (χ0v) is 8.20. The molecule has 0 unspecified atom stereocenters. The number of hydrogen-bond acceptors (Lipinski definition) is 3. The van der Waals surface area contributed by atoms with Gasteiger partial charge in [0, 0.05) is 43.6 Å². The Balaban J connectivity index is 2.20. The van der Waals surface area contributed by atoms with Crippen molar-refractivity contribution in [3.63, 3.8) is 0 Å². The van der Waals surface area contributed by atoms with Gasteiger partial charge >= 0.3 is 0 Å². The quantitative estimate of drug-likeness (QED) is 0.678. The van der Waals surface area contributed by atoms with Gasteiger partial charge in [0.2, 0.25) is 5.95 Å². The van der Waals surface area contributed by atoms with Gasteiger partial charge < -0.3 is 10.2 Å². The van der Waals surface area contributed by atoms with Crippen LogP contribution in [0.2, 0.25) is 0 Å². The molecule has 1 N–H and O–H groups in total. The second-order valence-electron chi connectivity index (χ2n) is 3.58. The Morgan fingerprint density at radius 2 is 2.50 bits per heavy atom. The lowest BCUT2D eigenvalue weighted by molar-refractivity contribution is 0.498. The van der Waals surface area contributed by atoms with Crippen LogP contribution in [-0.2, 0) is 0 Å². The van der Waals surface area contributed by atoms with Gasteiger partial charge in [0.1, 0.15) is 0 Å². The Morgan fingerprint density at radius 1 is 1.64 bits per heavy atom. The zero-order chi connectivity index (χ0) is 9.97. The van der Waals surface area contributed by atoms with Crippen molar-refractivity contribution in [2.45, 2.75) is 13.0 Å². The van der Waals surface area contributed by atoms with E-state index in [0.29, 0.717) is 6.04 Å². The Bertz CT molecular complexity index is 316. The number of rotatable bonds is 1. The molecule has 2 heterocycles. The van der Waals surface area contributed by atoms with E-state index >= 15 is 0 Å². The molecule has 1 saturated heterocycles. The molecule has 0 bridgehead atoms. The van der Waals surface area contributed by atoms with Crippen molar-refractivity contribution in [2.24, 2.45) is 0 Å². The highest BCUT2D eigenvalue weighted by Crippen LogP contribution is 2.17. The molecule has 4 heteroatoms. The third-order valence-corrected chi connectivity index (χ3v) is 2.54. The zero-order valence-electron chi connectivity index (χ0n) is 8.20. The number of anilines is 1. The van der Waals surface area contributed by atoms with Crippen LogP contribution in [0.25, 0.3) is 0 Å². The first kappa shape index (κ1) is 9.40. The van der Waals surface area contributed by atoms with E-state index in [1.165, 1.54) is 12.3 Å². The number of nitrogens with zero attached hydrogens (tertiary/aromatic N) is 2. The molecule has 1 aromatic rings. The number of pyridine rings is 1. The van der Waals surface area contributed by atoms with Crippen molar-refractivity contribution >= 4 is 5.69 Å². The minimum absolute atomic E-state index is 0.408. The average Bonchev–Trinajstić information content (AvgIpc) is 2.18. The van der Waals surface area contributed by atoms with Crippen molar-refractivity contribution < 1.29 is 4.39 Å². The number of aromatic nitrogens is 1. The van der Waals surface area contributed by atoms with E-state index in [1.54, 1.807) is 0 Å². The summed E-state index contributed by atoms with van der Waals surface area (Å²) in [6.45, 7) is 4.95. The van der Waals surface area contributed by atoms with Crippen LogP contribution in [0.5, 0.6) is 0 Å². The van der Waals surface area contributed by atoms with Gasteiger partial charge in [-0.25, -0.2) is 4.98 Å². The van der Waals surface area contributed by atoms with Crippen LogP contribution in [0.15, 0.2) is 18.3 Å². The van der Waals surface area contributed by atoms with Gasteiger partial charge in [0.15, 0.2) is 0 Å². The highest BCUT2D eigenvalue weighted by atomic mass is 19.1. The summed E-state index contributed by atoms with van der Waals surface area (Å²) in [7, 11) is 0. The van der Waals surface area contributed by atoms with Crippen LogP contribution in [0.1, 0.15) is 6.92 Å². The lowest BCUT2D eigenvalue weighted by Crippen LogP contribution is -2.49. The third-order valence-electron chi connectivity index (χ3n) is 2.54. The SMILES string of the molecule is C[C@@H]1CNCCN1c1ccnc(F)c1. The predicted octanol–water partition coefficient (Wildman–Crippen LogP) is 1.02. The molecule has 0 spiro atoms. The molecule has 76 valence electrons. The first-order valence-electron chi connectivity index (χ1n) is 4.86. The molecule has 1 aromatic heterocycles. The van der Waals surface area contributed by atoms with Crippen molar-refractivity contribution in [2.75, 3.05) is 24.5 Å². The standard InChI is InChI=1S/C10H14FN3/c1-8-7-12-4-5-14(8)9-2-3-13-10(11)6-9/h2-3,6,8,12H,4-5,7H2,1H3/t8-/m1/s1. The summed E-state index contributed by atoms with van der Waals surface area (Å²) in [5.41, 5.74) is 0.923. The Labute approximate surface area is 82.9 Å². The molecule has 0 aromatic carbocycles. The van der Waals surface area contributed by atoms with Crippen molar-refractivity contribution in [1.29, 1.82) is 0 Å². The van der Waals surface area contributed by atoms with Gasteiger partial charge in [-0.05, 0) is 13.0 Å². The van der Waals surface area contributed by atoms with Crippen LogP contribution >= 0.6 is 0 Å². The molecule has 0 saturated carbocycles. The fourth-order valence-electron chi connectivity index (χ4n) is 1.80. The van der Waals surface area contributed by atoms with Crippen LogP contribution < -0.4 is 10.2 Å². The molecule has 1 fully saturated rings. The number of hydrogen-bond donors (Lipinski definition) is 1. The van der Waals surface area contributed by atoms with Gasteiger partial charge in [-0.2, -0.15) is 4.39 Å². The summed E-state index contributed by atoms with van der Waals surface area (Å²) < 4.78 is 12.9. The molecular weight excluding hydrogens is 181 g/mol. The Kier molecular flexibility index (Phi) is 2.63. The summed E-state index contributed by atoms with van der Waals surface area (Å²) >= 11 is 0. The molecule has 1 aliphatic rings. The maximum Gasteiger partial charge on any atom is 0.214 e. The minimum atomic E-state index is -0.409. The lowest BCUT2D eigenvalue weighted by Gasteiger charge is -2.35. The summed E-state index contributed by atoms with van der Waals surface area (Å²) in [5.74, 6) is -0.409. The van der Waals surface area contributed by atoms with Gasteiger partial charge in [0.05, 0.1) is 0 Å². The second kappa shape index (κ2) is 3.92. The van der Waals surface area contributed by atoms with Gasteiger partial charge in [-0.1, -0.05) is 0 Å². The van der Waals surface area contributed by atoms with Crippen LogP contribution in [0.4, 0.5) is 10.1 Å². The van der Waals surface area contributed by atoms with Crippen molar-refractivity contribution in [3.8, 4) is 0 Å². The molecular formula is C10H14FN3. The van der Waals surface area contributed by atoms with E-state index < -0.39 is 5.95 Å². The van der Waals surface area contributed by atoms with E-state index in [4.69, 9.17) is 0 Å². The number of piperazine rings is 1. The van der Waals surface area contributed by atoms with Crippen LogP contribution in [-0.4, -0.2) is 30.7 Å². The first-order chi connectivity index (χ1) is 6.77. The van der Waals surface area contributed by atoms with Gasteiger partial charge in [0.25, 0.3) is 0 Å². The smallest absolute Gasteiger partial charge is 0.214 e. The Hall–Kier alpha value is -1.16. The van der Waals surface area contributed by atoms with E-state index in [1.807, 2.05) is 6.07 Å². The number of nitrogens with one attached hydrogen (secondary N) is 1. The van der Waals surface area contributed by atoms with E-state index in [9.17, 15) is 4.39 Å². The van der Waals surface area contributed by atoms with Crippen molar-refractivity contribution in [1.82, 2.24) is 10.3 Å². The normalized spacial score (nSPS) is 22.4. The average molecular weight is 195 g/mol. The van der Waals surface area contributed by atoms with Crippen LogP contribution in [0, 0.1) is 5.95 Å². The molecule has 0 radical (unpaired) electrons. The monoisotopic (exact) mass is 195 g/mol. The maximum absolute atomic E-state index is 12.9. The minimum Gasteiger partial charge on any atom is -0.366 e. The van der Waals surface area contributed by atoms with E-state index in [-0.39, 0.29) is 0 Å². The van der Waals surface area contributed by atoms with Crippen molar-refractivity contribution in [3.05, 3.63) is 24.3 Å². The fraction of sp³-hybridized carbons (Fsp3) is 0.500.